The molecule has 0 aromatic rings. The predicted octanol–water partition coefficient (Wildman–Crippen LogP) is 4.17. The van der Waals surface area contributed by atoms with E-state index in [0.717, 1.165) is 26.2 Å². The maximum Gasteiger partial charge on any atom is 0.245 e. The van der Waals surface area contributed by atoms with Crippen LogP contribution in [-0.4, -0.2) is 5.92 Å². The van der Waals surface area contributed by atoms with Gasteiger partial charge in [-0.15, -0.1) is 0 Å². The van der Waals surface area contributed by atoms with Crippen LogP contribution < -0.4 is 0 Å². The minimum Gasteiger partial charge on any atom is -0.207 e. The standard InChI is InChI=1S/C10H18F2/c1-3-4-5-6-7-8-9-10(2,11)12/h3-4H,5-9H2,1-2H3. The molecule has 0 rings (SSSR count). The third-order valence-electron chi connectivity index (χ3n) is 1.72. The summed E-state index contributed by atoms with van der Waals surface area (Å²) in [6.45, 7) is 2.96. The van der Waals surface area contributed by atoms with Crippen molar-refractivity contribution < 1.29 is 8.78 Å². The quantitative estimate of drug-likeness (QED) is 0.421. The molecule has 0 aliphatic rings. The lowest BCUT2D eigenvalue weighted by atomic mass is 10.1. The first kappa shape index (κ1) is 11.6. The Labute approximate surface area is 73.7 Å². The highest BCUT2D eigenvalue weighted by molar-refractivity contribution is 4.76. The van der Waals surface area contributed by atoms with Gasteiger partial charge in [0.2, 0.25) is 5.92 Å². The topological polar surface area (TPSA) is 0 Å². The van der Waals surface area contributed by atoms with Crippen molar-refractivity contribution in [3.8, 4) is 0 Å². The van der Waals surface area contributed by atoms with E-state index in [1.54, 1.807) is 0 Å². The third kappa shape index (κ3) is 9.60. The summed E-state index contributed by atoms with van der Waals surface area (Å²) in [5, 5.41) is 0. The molecule has 0 amide bonds. The molecule has 0 aromatic carbocycles. The zero-order valence-electron chi connectivity index (χ0n) is 7.95. The Balaban J connectivity index is 3.11. The van der Waals surface area contributed by atoms with Gasteiger partial charge >= 0.3 is 0 Å². The van der Waals surface area contributed by atoms with E-state index < -0.39 is 5.92 Å². The zero-order valence-corrected chi connectivity index (χ0v) is 7.95. The van der Waals surface area contributed by atoms with Gasteiger partial charge in [0, 0.05) is 6.42 Å². The summed E-state index contributed by atoms with van der Waals surface area (Å²) >= 11 is 0. The molecule has 12 heavy (non-hydrogen) atoms. The zero-order chi connectivity index (χ0) is 9.45. The van der Waals surface area contributed by atoms with Crippen LogP contribution in [0.4, 0.5) is 8.78 Å². The van der Waals surface area contributed by atoms with Crippen molar-refractivity contribution in [3.05, 3.63) is 12.2 Å². The van der Waals surface area contributed by atoms with Crippen molar-refractivity contribution in [1.82, 2.24) is 0 Å². The molecule has 0 aromatic heterocycles. The number of halogens is 2. The number of rotatable bonds is 6. The van der Waals surface area contributed by atoms with Gasteiger partial charge in [-0.1, -0.05) is 18.6 Å². The lowest BCUT2D eigenvalue weighted by molar-refractivity contribution is 0.0104. The molecule has 0 saturated carbocycles. The van der Waals surface area contributed by atoms with Crippen molar-refractivity contribution >= 4 is 0 Å². The van der Waals surface area contributed by atoms with Crippen LogP contribution in [0, 0.1) is 0 Å². The highest BCUT2D eigenvalue weighted by Crippen LogP contribution is 2.20. The number of hydrogen-bond acceptors (Lipinski definition) is 0. The summed E-state index contributed by atoms with van der Waals surface area (Å²) < 4.78 is 24.6. The average Bonchev–Trinajstić information content (AvgIpc) is 1.94. The van der Waals surface area contributed by atoms with Crippen LogP contribution in [0.25, 0.3) is 0 Å². The van der Waals surface area contributed by atoms with Crippen LogP contribution in [0.15, 0.2) is 12.2 Å². The van der Waals surface area contributed by atoms with Crippen LogP contribution in [0.5, 0.6) is 0 Å². The fourth-order valence-corrected chi connectivity index (χ4v) is 1.04. The van der Waals surface area contributed by atoms with Crippen LogP contribution in [0.2, 0.25) is 0 Å². The van der Waals surface area contributed by atoms with E-state index in [9.17, 15) is 8.78 Å². The van der Waals surface area contributed by atoms with E-state index in [4.69, 9.17) is 0 Å². The molecular weight excluding hydrogens is 158 g/mol. The molecule has 0 atom stereocenters. The number of unbranched alkanes of at least 4 members (excludes halogenated alkanes) is 3. The Morgan fingerprint density at radius 1 is 1.17 bits per heavy atom. The van der Waals surface area contributed by atoms with E-state index in [2.05, 4.69) is 6.08 Å². The molecule has 0 N–H and O–H groups in total. The summed E-state index contributed by atoms with van der Waals surface area (Å²) in [5.41, 5.74) is 0. The molecule has 0 spiro atoms. The number of allylic oxidation sites excluding steroid dienone is 2. The first-order valence-electron chi connectivity index (χ1n) is 4.55. The second-order valence-corrected chi connectivity index (χ2v) is 3.24. The van der Waals surface area contributed by atoms with Gasteiger partial charge in [0.1, 0.15) is 0 Å². The molecule has 2 heteroatoms. The maximum absolute atomic E-state index is 12.3. The van der Waals surface area contributed by atoms with Gasteiger partial charge < -0.3 is 0 Å². The molecule has 0 aliphatic heterocycles. The first-order chi connectivity index (χ1) is 5.56. The van der Waals surface area contributed by atoms with Gasteiger partial charge in [-0.05, 0) is 33.1 Å². The van der Waals surface area contributed by atoms with Crippen molar-refractivity contribution in [3.63, 3.8) is 0 Å². The Morgan fingerprint density at radius 3 is 2.33 bits per heavy atom. The second kappa shape index (κ2) is 6.15. The first-order valence-corrected chi connectivity index (χ1v) is 4.55. The molecule has 0 saturated heterocycles. The number of alkyl halides is 2. The maximum atomic E-state index is 12.3. The van der Waals surface area contributed by atoms with Crippen LogP contribution in [-0.2, 0) is 0 Å². The summed E-state index contributed by atoms with van der Waals surface area (Å²) in [6.07, 6.45) is 7.70. The molecule has 0 bridgehead atoms. The van der Waals surface area contributed by atoms with Crippen molar-refractivity contribution in [1.29, 1.82) is 0 Å². The van der Waals surface area contributed by atoms with E-state index in [-0.39, 0.29) is 6.42 Å². The molecule has 0 unspecified atom stereocenters. The van der Waals surface area contributed by atoms with Gasteiger partial charge in [-0.2, -0.15) is 0 Å². The van der Waals surface area contributed by atoms with Crippen LogP contribution in [0.3, 0.4) is 0 Å². The van der Waals surface area contributed by atoms with Gasteiger partial charge in [0.05, 0.1) is 0 Å². The summed E-state index contributed by atoms with van der Waals surface area (Å²) in [4.78, 5) is 0. The normalized spacial score (nSPS) is 12.7. The summed E-state index contributed by atoms with van der Waals surface area (Å²) in [6, 6.07) is 0. The highest BCUT2D eigenvalue weighted by Gasteiger charge is 2.19. The minimum atomic E-state index is -2.47. The molecule has 72 valence electrons. The lowest BCUT2D eigenvalue weighted by Crippen LogP contribution is -2.08. The number of hydrogen-bond donors (Lipinski definition) is 0. The Hall–Kier alpha value is -0.400. The monoisotopic (exact) mass is 176 g/mol. The molecule has 0 fully saturated rings. The predicted molar refractivity (Wildman–Crippen MR) is 48.5 cm³/mol. The molecule has 0 heterocycles. The van der Waals surface area contributed by atoms with E-state index in [1.165, 1.54) is 0 Å². The van der Waals surface area contributed by atoms with Gasteiger partial charge in [-0.3, -0.25) is 0 Å². The van der Waals surface area contributed by atoms with Gasteiger partial charge in [0.25, 0.3) is 0 Å². The molecule has 0 nitrogen and oxygen atoms in total. The van der Waals surface area contributed by atoms with Crippen LogP contribution in [0.1, 0.15) is 46.0 Å². The highest BCUT2D eigenvalue weighted by atomic mass is 19.3. The minimum absolute atomic E-state index is 0.0306. The van der Waals surface area contributed by atoms with Gasteiger partial charge in [-0.25, -0.2) is 8.78 Å². The molecule has 0 radical (unpaired) electrons. The Morgan fingerprint density at radius 2 is 1.83 bits per heavy atom. The lowest BCUT2D eigenvalue weighted by Gasteiger charge is -2.08. The van der Waals surface area contributed by atoms with Crippen molar-refractivity contribution in [2.75, 3.05) is 0 Å². The average molecular weight is 176 g/mol. The third-order valence-corrected chi connectivity index (χ3v) is 1.72. The van der Waals surface area contributed by atoms with Crippen molar-refractivity contribution in [2.24, 2.45) is 0 Å². The largest absolute Gasteiger partial charge is 0.245 e. The van der Waals surface area contributed by atoms with E-state index in [1.807, 2.05) is 13.0 Å². The fraction of sp³-hybridized carbons (Fsp3) is 0.800. The summed E-state index contributed by atoms with van der Waals surface area (Å²) in [7, 11) is 0. The molecular formula is C10H18F2. The second-order valence-electron chi connectivity index (χ2n) is 3.24. The van der Waals surface area contributed by atoms with Crippen LogP contribution >= 0.6 is 0 Å². The Kier molecular flexibility index (Phi) is 5.95. The smallest absolute Gasteiger partial charge is 0.207 e. The fourth-order valence-electron chi connectivity index (χ4n) is 1.04. The SMILES string of the molecule is CC=CCCCCCC(C)(F)F. The molecule has 0 aliphatic carbocycles. The van der Waals surface area contributed by atoms with E-state index in [0.29, 0.717) is 6.42 Å². The van der Waals surface area contributed by atoms with E-state index >= 15 is 0 Å². The van der Waals surface area contributed by atoms with Crippen molar-refractivity contribution in [2.45, 2.75) is 51.9 Å². The van der Waals surface area contributed by atoms with Gasteiger partial charge in [0.15, 0.2) is 0 Å². The summed E-state index contributed by atoms with van der Waals surface area (Å²) in [5.74, 6) is -2.47. The Bertz CT molecular complexity index is 122.